The number of carbonyl (C=O) groups is 2. The third-order valence-electron chi connectivity index (χ3n) is 4.00. The van der Waals surface area contributed by atoms with Crippen molar-refractivity contribution in [3.05, 3.63) is 71.7 Å². The number of pyridine rings is 1. The molecular formula is C20H17F3N4O3. The van der Waals surface area contributed by atoms with E-state index in [1.54, 1.807) is 0 Å². The highest BCUT2D eigenvalue weighted by Crippen LogP contribution is 2.27. The van der Waals surface area contributed by atoms with E-state index >= 15 is 0 Å². The predicted octanol–water partition coefficient (Wildman–Crippen LogP) is 3.31. The van der Waals surface area contributed by atoms with Gasteiger partial charge in [-0.3, -0.25) is 9.59 Å². The molecule has 3 aromatic rings. The first kappa shape index (κ1) is 21.0. The lowest BCUT2D eigenvalue weighted by Crippen LogP contribution is -2.30. The molecule has 2 amide bonds. The van der Waals surface area contributed by atoms with Crippen LogP contribution in [0.15, 0.2) is 59.1 Å². The molecule has 0 radical (unpaired) electrons. The maximum atomic E-state index is 12.7. The van der Waals surface area contributed by atoms with Crippen molar-refractivity contribution >= 4 is 11.8 Å². The predicted molar refractivity (Wildman–Crippen MR) is 100 cm³/mol. The number of hydrogen-bond acceptors (Lipinski definition) is 5. The quantitative estimate of drug-likeness (QED) is 0.574. The third kappa shape index (κ3) is 5.43. The summed E-state index contributed by atoms with van der Waals surface area (Å²) in [7, 11) is 0. The molecule has 0 spiro atoms. The van der Waals surface area contributed by atoms with Crippen molar-refractivity contribution in [3.8, 4) is 11.3 Å². The number of hydrogen-bond donors (Lipinski definition) is 2. The van der Waals surface area contributed by atoms with Crippen LogP contribution in [0, 0.1) is 0 Å². The Kier molecular flexibility index (Phi) is 6.45. The van der Waals surface area contributed by atoms with Crippen LogP contribution in [0.1, 0.15) is 33.1 Å². The molecule has 0 bridgehead atoms. The topological polar surface area (TPSA) is 97.1 Å². The second-order valence-electron chi connectivity index (χ2n) is 6.21. The van der Waals surface area contributed by atoms with Crippen LogP contribution in [0.4, 0.5) is 13.2 Å². The van der Waals surface area contributed by atoms with Crippen molar-refractivity contribution in [1.82, 2.24) is 20.8 Å². The molecule has 7 nitrogen and oxygen atoms in total. The number of halogens is 3. The summed E-state index contributed by atoms with van der Waals surface area (Å²) >= 11 is 0. The van der Waals surface area contributed by atoms with Crippen molar-refractivity contribution in [2.75, 3.05) is 13.1 Å². The van der Waals surface area contributed by atoms with Gasteiger partial charge in [-0.05, 0) is 18.6 Å². The summed E-state index contributed by atoms with van der Waals surface area (Å²) in [5.74, 6) is -0.704. The molecule has 0 aliphatic rings. The van der Waals surface area contributed by atoms with Gasteiger partial charge in [-0.15, -0.1) is 0 Å². The van der Waals surface area contributed by atoms with E-state index in [2.05, 4.69) is 20.8 Å². The Hall–Kier alpha value is -3.69. The first-order chi connectivity index (χ1) is 14.3. The molecule has 0 atom stereocenters. The Bertz CT molecular complexity index is 1020. The van der Waals surface area contributed by atoms with Gasteiger partial charge in [-0.1, -0.05) is 41.6 Å². The van der Waals surface area contributed by atoms with E-state index in [1.807, 2.05) is 30.3 Å². The summed E-state index contributed by atoms with van der Waals surface area (Å²) in [4.78, 5) is 27.3. The number of nitrogens with one attached hydrogen (secondary N) is 2. The van der Waals surface area contributed by atoms with Crippen molar-refractivity contribution in [1.29, 1.82) is 0 Å². The Labute approximate surface area is 169 Å². The van der Waals surface area contributed by atoms with Crippen molar-refractivity contribution in [3.63, 3.8) is 0 Å². The van der Waals surface area contributed by atoms with Gasteiger partial charge in [0.1, 0.15) is 11.4 Å². The van der Waals surface area contributed by atoms with E-state index in [-0.39, 0.29) is 24.5 Å². The van der Waals surface area contributed by atoms with Gasteiger partial charge in [-0.2, -0.15) is 13.2 Å². The Morgan fingerprint density at radius 2 is 1.57 bits per heavy atom. The van der Waals surface area contributed by atoms with Crippen LogP contribution >= 0.6 is 0 Å². The lowest BCUT2D eigenvalue weighted by molar-refractivity contribution is -0.141. The molecule has 0 saturated heterocycles. The van der Waals surface area contributed by atoms with Crippen LogP contribution in [-0.2, 0) is 6.18 Å². The molecule has 10 heteroatoms. The van der Waals surface area contributed by atoms with Gasteiger partial charge in [0, 0.05) is 24.7 Å². The highest BCUT2D eigenvalue weighted by Gasteiger charge is 2.32. The van der Waals surface area contributed by atoms with Gasteiger partial charge < -0.3 is 15.2 Å². The minimum atomic E-state index is -4.62. The SMILES string of the molecule is O=C(NCCCNC(=O)c1cccc(C(F)(F)F)n1)c1cc(-c2ccccc2)on1. The molecule has 156 valence electrons. The number of nitrogens with zero attached hydrogens (tertiary/aromatic N) is 2. The van der Waals surface area contributed by atoms with Crippen LogP contribution in [0.5, 0.6) is 0 Å². The summed E-state index contributed by atoms with van der Waals surface area (Å²) in [6, 6.07) is 13.8. The summed E-state index contributed by atoms with van der Waals surface area (Å²) in [5, 5.41) is 8.82. The Balaban J connectivity index is 1.43. The van der Waals surface area contributed by atoms with Crippen molar-refractivity contribution in [2.24, 2.45) is 0 Å². The molecule has 0 aliphatic heterocycles. The molecule has 0 unspecified atom stereocenters. The lowest BCUT2D eigenvalue weighted by atomic mass is 10.1. The lowest BCUT2D eigenvalue weighted by Gasteiger charge is -2.08. The minimum absolute atomic E-state index is 0.117. The highest BCUT2D eigenvalue weighted by molar-refractivity contribution is 5.93. The fraction of sp³-hybridized carbons (Fsp3) is 0.200. The van der Waals surface area contributed by atoms with Crippen LogP contribution in [0.25, 0.3) is 11.3 Å². The smallest absolute Gasteiger partial charge is 0.355 e. The van der Waals surface area contributed by atoms with E-state index in [1.165, 1.54) is 12.1 Å². The zero-order chi connectivity index (χ0) is 21.6. The average Bonchev–Trinajstić information content (AvgIpc) is 3.24. The average molecular weight is 418 g/mol. The summed E-state index contributed by atoms with van der Waals surface area (Å²) in [6.45, 7) is 0.369. The summed E-state index contributed by atoms with van der Waals surface area (Å²) in [6.07, 6.45) is -4.26. The molecule has 2 heterocycles. The van der Waals surface area contributed by atoms with E-state index in [9.17, 15) is 22.8 Å². The molecule has 3 rings (SSSR count). The fourth-order valence-corrected chi connectivity index (χ4v) is 2.51. The van der Waals surface area contributed by atoms with E-state index in [4.69, 9.17) is 4.52 Å². The monoisotopic (exact) mass is 418 g/mol. The van der Waals surface area contributed by atoms with Gasteiger partial charge in [0.15, 0.2) is 11.5 Å². The standard InChI is InChI=1S/C20H17F3N4O3/c21-20(22,23)17-9-4-8-14(26-17)18(28)24-10-5-11-25-19(29)15-12-16(30-27-15)13-6-2-1-3-7-13/h1-4,6-9,12H,5,10-11H2,(H,24,28)(H,25,29). The maximum Gasteiger partial charge on any atom is 0.433 e. The molecule has 0 fully saturated rings. The Morgan fingerprint density at radius 3 is 2.23 bits per heavy atom. The minimum Gasteiger partial charge on any atom is -0.355 e. The number of amides is 2. The summed E-state index contributed by atoms with van der Waals surface area (Å²) < 4.78 is 43.1. The van der Waals surface area contributed by atoms with Gasteiger partial charge >= 0.3 is 6.18 Å². The zero-order valence-electron chi connectivity index (χ0n) is 15.6. The highest BCUT2D eigenvalue weighted by atomic mass is 19.4. The van der Waals surface area contributed by atoms with Crippen LogP contribution in [0.3, 0.4) is 0 Å². The van der Waals surface area contributed by atoms with Gasteiger partial charge in [0.25, 0.3) is 11.8 Å². The van der Waals surface area contributed by atoms with E-state index in [0.717, 1.165) is 17.7 Å². The van der Waals surface area contributed by atoms with Gasteiger partial charge in [0.05, 0.1) is 0 Å². The molecule has 0 saturated carbocycles. The number of rotatable bonds is 7. The molecule has 1 aromatic carbocycles. The molecule has 2 aromatic heterocycles. The van der Waals surface area contributed by atoms with Crippen molar-refractivity contribution < 1.29 is 27.3 Å². The number of benzene rings is 1. The van der Waals surface area contributed by atoms with Crippen LogP contribution in [-0.4, -0.2) is 35.0 Å². The molecular weight excluding hydrogens is 401 g/mol. The normalized spacial score (nSPS) is 11.2. The molecule has 30 heavy (non-hydrogen) atoms. The first-order valence-corrected chi connectivity index (χ1v) is 8.97. The summed E-state index contributed by atoms with van der Waals surface area (Å²) in [5.41, 5.74) is -0.559. The molecule has 0 aliphatic carbocycles. The van der Waals surface area contributed by atoms with E-state index < -0.39 is 23.7 Å². The second-order valence-corrected chi connectivity index (χ2v) is 6.21. The van der Waals surface area contributed by atoms with Gasteiger partial charge in [0.2, 0.25) is 0 Å². The van der Waals surface area contributed by atoms with Gasteiger partial charge in [-0.25, -0.2) is 4.98 Å². The van der Waals surface area contributed by atoms with Crippen LogP contribution < -0.4 is 10.6 Å². The number of alkyl halides is 3. The molecule has 2 N–H and O–H groups in total. The fourth-order valence-electron chi connectivity index (χ4n) is 2.51. The first-order valence-electron chi connectivity index (χ1n) is 8.97. The third-order valence-corrected chi connectivity index (χ3v) is 4.00. The van der Waals surface area contributed by atoms with E-state index in [0.29, 0.717) is 12.2 Å². The maximum absolute atomic E-state index is 12.7. The van der Waals surface area contributed by atoms with Crippen molar-refractivity contribution in [2.45, 2.75) is 12.6 Å². The van der Waals surface area contributed by atoms with Crippen LogP contribution in [0.2, 0.25) is 0 Å². The Morgan fingerprint density at radius 1 is 0.900 bits per heavy atom. The zero-order valence-corrected chi connectivity index (χ0v) is 15.6. The second kappa shape index (κ2) is 9.21. The number of carbonyl (C=O) groups excluding carboxylic acids is 2. The largest absolute Gasteiger partial charge is 0.433 e. The number of aromatic nitrogens is 2.